The Morgan fingerprint density at radius 2 is 2.20 bits per heavy atom. The SMILES string of the molecule is CSC(CO)C(C)NC(=O)CCOc1ccccc1F. The summed E-state index contributed by atoms with van der Waals surface area (Å²) in [4.78, 5) is 11.7. The predicted octanol–water partition coefficient (Wildman–Crippen LogP) is 1.82. The Morgan fingerprint density at radius 1 is 1.50 bits per heavy atom. The lowest BCUT2D eigenvalue weighted by atomic mass is 10.2. The highest BCUT2D eigenvalue weighted by Crippen LogP contribution is 2.15. The zero-order valence-corrected chi connectivity index (χ0v) is 12.5. The normalized spacial score (nSPS) is 13.6. The molecule has 0 spiro atoms. The van der Waals surface area contributed by atoms with Crippen LogP contribution in [0.25, 0.3) is 0 Å². The zero-order valence-electron chi connectivity index (χ0n) is 11.6. The van der Waals surface area contributed by atoms with E-state index < -0.39 is 5.82 Å². The molecule has 20 heavy (non-hydrogen) atoms. The van der Waals surface area contributed by atoms with Crippen LogP contribution in [0.5, 0.6) is 5.75 Å². The maximum atomic E-state index is 13.3. The Balaban J connectivity index is 2.32. The topological polar surface area (TPSA) is 58.6 Å². The quantitative estimate of drug-likeness (QED) is 0.769. The Hall–Kier alpha value is -1.27. The highest BCUT2D eigenvalue weighted by molar-refractivity contribution is 7.99. The van der Waals surface area contributed by atoms with Crippen molar-refractivity contribution in [3.8, 4) is 5.75 Å². The number of amides is 1. The van der Waals surface area contributed by atoms with E-state index in [4.69, 9.17) is 9.84 Å². The van der Waals surface area contributed by atoms with Crippen LogP contribution in [0.2, 0.25) is 0 Å². The van der Waals surface area contributed by atoms with Crippen molar-refractivity contribution in [2.45, 2.75) is 24.6 Å². The molecular weight excluding hydrogens is 281 g/mol. The van der Waals surface area contributed by atoms with E-state index in [1.165, 1.54) is 23.9 Å². The third-order valence-corrected chi connectivity index (χ3v) is 4.02. The van der Waals surface area contributed by atoms with Crippen LogP contribution in [0.1, 0.15) is 13.3 Å². The Labute approximate surface area is 122 Å². The van der Waals surface area contributed by atoms with Gasteiger partial charge in [0.05, 0.1) is 19.6 Å². The molecule has 4 nitrogen and oxygen atoms in total. The lowest BCUT2D eigenvalue weighted by Crippen LogP contribution is -2.41. The van der Waals surface area contributed by atoms with E-state index >= 15 is 0 Å². The minimum Gasteiger partial charge on any atom is -0.490 e. The molecule has 0 aliphatic carbocycles. The molecule has 0 fully saturated rings. The summed E-state index contributed by atoms with van der Waals surface area (Å²) in [5.74, 6) is -0.476. The largest absolute Gasteiger partial charge is 0.490 e. The number of carbonyl (C=O) groups excluding carboxylic acids is 1. The first-order chi connectivity index (χ1) is 9.58. The first-order valence-corrected chi connectivity index (χ1v) is 7.67. The average Bonchev–Trinajstić information content (AvgIpc) is 2.42. The summed E-state index contributed by atoms with van der Waals surface area (Å²) < 4.78 is 18.5. The van der Waals surface area contributed by atoms with Gasteiger partial charge in [0.25, 0.3) is 0 Å². The van der Waals surface area contributed by atoms with Gasteiger partial charge in [-0.05, 0) is 25.3 Å². The maximum Gasteiger partial charge on any atom is 0.223 e. The van der Waals surface area contributed by atoms with Crippen molar-refractivity contribution in [2.75, 3.05) is 19.5 Å². The van der Waals surface area contributed by atoms with Crippen LogP contribution >= 0.6 is 11.8 Å². The van der Waals surface area contributed by atoms with Gasteiger partial charge >= 0.3 is 0 Å². The summed E-state index contributed by atoms with van der Waals surface area (Å²) in [6, 6.07) is 5.95. The van der Waals surface area contributed by atoms with Crippen molar-refractivity contribution >= 4 is 17.7 Å². The number of para-hydroxylation sites is 1. The molecule has 0 aliphatic heterocycles. The second-order valence-corrected chi connectivity index (χ2v) is 5.42. The molecule has 0 aromatic heterocycles. The van der Waals surface area contributed by atoms with Crippen molar-refractivity contribution in [1.29, 1.82) is 0 Å². The number of hydrogen-bond acceptors (Lipinski definition) is 4. The number of rotatable bonds is 8. The molecule has 0 aliphatic rings. The van der Waals surface area contributed by atoms with E-state index in [1.54, 1.807) is 12.1 Å². The van der Waals surface area contributed by atoms with Gasteiger partial charge in [-0.25, -0.2) is 4.39 Å². The average molecular weight is 301 g/mol. The van der Waals surface area contributed by atoms with Gasteiger partial charge in [0.2, 0.25) is 5.91 Å². The van der Waals surface area contributed by atoms with E-state index in [-0.39, 0.29) is 42.6 Å². The molecular formula is C14H20FNO3S. The van der Waals surface area contributed by atoms with Gasteiger partial charge in [0.15, 0.2) is 11.6 Å². The van der Waals surface area contributed by atoms with Crippen LogP contribution in [0.3, 0.4) is 0 Å². The summed E-state index contributed by atoms with van der Waals surface area (Å²) in [5, 5.41) is 11.9. The molecule has 0 radical (unpaired) electrons. The van der Waals surface area contributed by atoms with E-state index in [0.29, 0.717) is 0 Å². The molecule has 1 rings (SSSR count). The molecule has 0 bridgehead atoms. The van der Waals surface area contributed by atoms with Crippen molar-refractivity contribution in [2.24, 2.45) is 0 Å². The molecule has 1 aromatic rings. The van der Waals surface area contributed by atoms with E-state index in [9.17, 15) is 9.18 Å². The Kier molecular flexibility index (Phi) is 7.40. The third kappa shape index (κ3) is 5.38. The van der Waals surface area contributed by atoms with Gasteiger partial charge in [-0.1, -0.05) is 12.1 Å². The number of thioether (sulfide) groups is 1. The van der Waals surface area contributed by atoms with E-state index in [2.05, 4.69) is 5.32 Å². The van der Waals surface area contributed by atoms with Gasteiger partial charge in [-0.3, -0.25) is 4.79 Å². The minimum atomic E-state index is -0.441. The summed E-state index contributed by atoms with van der Waals surface area (Å²) in [6.07, 6.45) is 2.02. The number of halogens is 1. The lowest BCUT2D eigenvalue weighted by molar-refractivity contribution is -0.122. The van der Waals surface area contributed by atoms with Gasteiger partial charge in [0.1, 0.15) is 0 Å². The molecule has 0 heterocycles. The Morgan fingerprint density at radius 3 is 2.80 bits per heavy atom. The van der Waals surface area contributed by atoms with Crippen LogP contribution in [0, 0.1) is 5.82 Å². The van der Waals surface area contributed by atoms with Crippen LogP contribution < -0.4 is 10.1 Å². The predicted molar refractivity (Wildman–Crippen MR) is 78.5 cm³/mol. The molecule has 1 aromatic carbocycles. The number of aliphatic hydroxyl groups excluding tert-OH is 1. The number of carbonyl (C=O) groups is 1. The minimum absolute atomic E-state index is 0.00827. The maximum absolute atomic E-state index is 13.3. The van der Waals surface area contributed by atoms with Crippen LogP contribution in [-0.2, 0) is 4.79 Å². The molecule has 0 saturated carbocycles. The Bertz CT molecular complexity index is 427. The van der Waals surface area contributed by atoms with Gasteiger partial charge in [-0.15, -0.1) is 0 Å². The van der Waals surface area contributed by atoms with Crippen molar-refractivity contribution in [3.63, 3.8) is 0 Å². The molecule has 2 atom stereocenters. The summed E-state index contributed by atoms with van der Waals surface area (Å²) in [7, 11) is 0. The summed E-state index contributed by atoms with van der Waals surface area (Å²) in [5.41, 5.74) is 0. The zero-order chi connectivity index (χ0) is 15.0. The second kappa shape index (κ2) is 8.81. The molecule has 112 valence electrons. The monoisotopic (exact) mass is 301 g/mol. The fraction of sp³-hybridized carbons (Fsp3) is 0.500. The van der Waals surface area contributed by atoms with Gasteiger partial charge in [0, 0.05) is 11.3 Å². The highest BCUT2D eigenvalue weighted by atomic mass is 32.2. The lowest BCUT2D eigenvalue weighted by Gasteiger charge is -2.21. The molecule has 2 N–H and O–H groups in total. The van der Waals surface area contributed by atoms with Crippen molar-refractivity contribution in [3.05, 3.63) is 30.1 Å². The first-order valence-electron chi connectivity index (χ1n) is 6.38. The summed E-state index contributed by atoms with van der Waals surface area (Å²) >= 11 is 1.50. The van der Waals surface area contributed by atoms with Crippen LogP contribution in [0.4, 0.5) is 4.39 Å². The summed E-state index contributed by atoms with van der Waals surface area (Å²) in [6.45, 7) is 1.96. The van der Waals surface area contributed by atoms with Gasteiger partial charge < -0.3 is 15.2 Å². The molecule has 0 saturated heterocycles. The smallest absolute Gasteiger partial charge is 0.223 e. The van der Waals surface area contributed by atoms with Gasteiger partial charge in [-0.2, -0.15) is 11.8 Å². The number of nitrogens with one attached hydrogen (secondary N) is 1. The number of ether oxygens (including phenoxy) is 1. The van der Waals surface area contributed by atoms with Crippen molar-refractivity contribution in [1.82, 2.24) is 5.32 Å². The fourth-order valence-corrected chi connectivity index (χ4v) is 2.30. The van der Waals surface area contributed by atoms with Crippen LogP contribution in [0.15, 0.2) is 24.3 Å². The first kappa shape index (κ1) is 16.8. The number of hydrogen-bond donors (Lipinski definition) is 2. The molecule has 2 unspecified atom stereocenters. The fourth-order valence-electron chi connectivity index (χ4n) is 1.67. The molecule has 6 heteroatoms. The van der Waals surface area contributed by atoms with E-state index in [1.807, 2.05) is 13.2 Å². The van der Waals surface area contributed by atoms with Crippen molar-refractivity contribution < 1.29 is 19.0 Å². The number of benzene rings is 1. The molecule has 1 amide bonds. The third-order valence-electron chi connectivity index (χ3n) is 2.85. The standard InChI is InChI=1S/C14H20FNO3S/c1-10(13(9-17)20-2)16-14(18)7-8-19-12-6-4-3-5-11(12)15/h3-6,10,13,17H,7-9H2,1-2H3,(H,16,18). The second-order valence-electron chi connectivity index (χ2n) is 4.34. The highest BCUT2D eigenvalue weighted by Gasteiger charge is 2.17. The van der Waals surface area contributed by atoms with Crippen LogP contribution in [-0.4, -0.2) is 41.8 Å². The van der Waals surface area contributed by atoms with E-state index in [0.717, 1.165) is 0 Å². The number of aliphatic hydroxyl groups is 1.